The second kappa shape index (κ2) is 2.70. The number of anilines is 1. The lowest BCUT2D eigenvalue weighted by molar-refractivity contribution is 0.487. The first-order chi connectivity index (χ1) is 5.88. The highest BCUT2D eigenvalue weighted by Crippen LogP contribution is 2.34. The van der Waals surface area contributed by atoms with E-state index in [1.165, 1.54) is 0 Å². The third kappa shape index (κ3) is 1.05. The molecule has 1 aromatic carbocycles. The van der Waals surface area contributed by atoms with Crippen LogP contribution in [0.15, 0.2) is 35.5 Å². The quantitative estimate of drug-likeness (QED) is 0.589. The zero-order valence-electron chi connectivity index (χ0n) is 6.40. The van der Waals surface area contributed by atoms with E-state index >= 15 is 0 Å². The highest BCUT2D eigenvalue weighted by molar-refractivity contribution is 5.79. The molecule has 1 aliphatic heterocycles. The number of para-hydroxylation sites is 1. The number of nitrogens with two attached hydrogens (primary N) is 1. The molecule has 0 aromatic heterocycles. The molecule has 2 rings (SSSR count). The van der Waals surface area contributed by atoms with Crippen molar-refractivity contribution in [3.63, 3.8) is 0 Å². The highest BCUT2D eigenvalue weighted by Gasteiger charge is 2.05. The predicted octanol–water partition coefficient (Wildman–Crippen LogP) is 1.88. The molecule has 3 heteroatoms. The number of nitrogen functional groups attached to an aromatic ring is 1. The smallest absolute Gasteiger partial charge is 0.174 e. The van der Waals surface area contributed by atoms with Crippen LogP contribution in [0.4, 0.5) is 11.4 Å². The van der Waals surface area contributed by atoms with Gasteiger partial charge in [0.1, 0.15) is 5.69 Å². The van der Waals surface area contributed by atoms with E-state index in [1.807, 2.05) is 12.1 Å². The van der Waals surface area contributed by atoms with Gasteiger partial charge >= 0.3 is 0 Å². The van der Waals surface area contributed by atoms with Gasteiger partial charge < -0.3 is 10.5 Å². The summed E-state index contributed by atoms with van der Waals surface area (Å²) in [5.41, 5.74) is 7.05. The zero-order chi connectivity index (χ0) is 8.39. The second-order valence-electron chi connectivity index (χ2n) is 2.42. The molecule has 2 N–H and O–H groups in total. The molecule has 0 fully saturated rings. The van der Waals surface area contributed by atoms with Crippen molar-refractivity contribution in [3.8, 4) is 5.75 Å². The maximum absolute atomic E-state index is 5.68. The maximum atomic E-state index is 5.68. The van der Waals surface area contributed by atoms with Gasteiger partial charge in [0, 0.05) is 6.21 Å². The van der Waals surface area contributed by atoms with Crippen LogP contribution < -0.4 is 10.5 Å². The van der Waals surface area contributed by atoms with Crippen molar-refractivity contribution in [2.45, 2.75) is 0 Å². The number of benzene rings is 1. The van der Waals surface area contributed by atoms with E-state index < -0.39 is 0 Å². The van der Waals surface area contributed by atoms with Crippen molar-refractivity contribution in [1.29, 1.82) is 0 Å². The lowest BCUT2D eigenvalue weighted by Crippen LogP contribution is -1.90. The molecule has 60 valence electrons. The number of nitrogens with zero attached hydrogens (tertiary/aromatic N) is 1. The molecular weight excluding hydrogens is 152 g/mol. The fourth-order valence-electron chi connectivity index (χ4n) is 1.04. The fourth-order valence-corrected chi connectivity index (χ4v) is 1.04. The third-order valence-electron chi connectivity index (χ3n) is 1.59. The van der Waals surface area contributed by atoms with Gasteiger partial charge in [0.2, 0.25) is 0 Å². The number of aliphatic imine (C=N–C) groups is 1. The van der Waals surface area contributed by atoms with Gasteiger partial charge in [-0.3, -0.25) is 4.99 Å². The summed E-state index contributed by atoms with van der Waals surface area (Å²) in [7, 11) is 0. The van der Waals surface area contributed by atoms with E-state index in [9.17, 15) is 0 Å². The molecule has 0 radical (unpaired) electrons. The summed E-state index contributed by atoms with van der Waals surface area (Å²) in [6.45, 7) is 0. The van der Waals surface area contributed by atoms with Crippen LogP contribution in [0, 0.1) is 0 Å². The van der Waals surface area contributed by atoms with Crippen LogP contribution in [0.25, 0.3) is 0 Å². The van der Waals surface area contributed by atoms with E-state index in [2.05, 4.69) is 4.99 Å². The Kier molecular flexibility index (Phi) is 1.55. The van der Waals surface area contributed by atoms with Gasteiger partial charge in [-0.1, -0.05) is 6.07 Å². The summed E-state index contributed by atoms with van der Waals surface area (Å²) in [5.74, 6) is 0.627. The number of allylic oxidation sites excluding steroid dienone is 1. The first-order valence-electron chi connectivity index (χ1n) is 3.62. The summed E-state index contributed by atoms with van der Waals surface area (Å²) in [6.07, 6.45) is 4.95. The molecule has 0 amide bonds. The highest BCUT2D eigenvalue weighted by atomic mass is 16.5. The summed E-state index contributed by atoms with van der Waals surface area (Å²) >= 11 is 0. The van der Waals surface area contributed by atoms with Crippen molar-refractivity contribution in [2.75, 3.05) is 5.73 Å². The Morgan fingerprint density at radius 3 is 3.17 bits per heavy atom. The molecule has 0 unspecified atom stereocenters. The van der Waals surface area contributed by atoms with Crippen molar-refractivity contribution >= 4 is 17.6 Å². The summed E-state index contributed by atoms with van der Waals surface area (Å²) in [5, 5.41) is 0. The van der Waals surface area contributed by atoms with E-state index in [0.29, 0.717) is 11.4 Å². The standard InChI is InChI=1S/C9H8N2O/c10-7-3-1-4-8-9(7)12-6-2-5-11-8/h1-6H,10H2. The molecule has 1 heterocycles. The number of hydrogen-bond donors (Lipinski definition) is 1. The van der Waals surface area contributed by atoms with Crippen LogP contribution in [0.2, 0.25) is 0 Å². The molecule has 1 aliphatic rings. The molecule has 0 spiro atoms. The van der Waals surface area contributed by atoms with Crippen molar-refractivity contribution < 1.29 is 4.74 Å². The fraction of sp³-hybridized carbons (Fsp3) is 0. The Morgan fingerprint density at radius 1 is 1.33 bits per heavy atom. The molecule has 0 aliphatic carbocycles. The summed E-state index contributed by atoms with van der Waals surface area (Å²) in [4.78, 5) is 4.13. The van der Waals surface area contributed by atoms with E-state index in [0.717, 1.165) is 5.69 Å². The third-order valence-corrected chi connectivity index (χ3v) is 1.59. The maximum Gasteiger partial charge on any atom is 0.174 e. The predicted molar refractivity (Wildman–Crippen MR) is 48.8 cm³/mol. The van der Waals surface area contributed by atoms with Gasteiger partial charge in [-0.05, 0) is 18.2 Å². The molecule has 12 heavy (non-hydrogen) atoms. The molecule has 3 nitrogen and oxygen atoms in total. The summed E-state index contributed by atoms with van der Waals surface area (Å²) in [6, 6.07) is 5.49. The zero-order valence-corrected chi connectivity index (χ0v) is 6.40. The van der Waals surface area contributed by atoms with Gasteiger partial charge in [-0.25, -0.2) is 0 Å². The van der Waals surface area contributed by atoms with Crippen LogP contribution >= 0.6 is 0 Å². The minimum Gasteiger partial charge on any atom is -0.460 e. The molecular formula is C9H8N2O. The van der Waals surface area contributed by atoms with Gasteiger partial charge in [0.05, 0.1) is 11.9 Å². The number of ether oxygens (including phenoxy) is 1. The monoisotopic (exact) mass is 160 g/mol. The Labute approximate surface area is 70.2 Å². The Bertz CT molecular complexity index is 356. The molecule has 0 saturated carbocycles. The van der Waals surface area contributed by atoms with Crippen LogP contribution in [0.1, 0.15) is 0 Å². The van der Waals surface area contributed by atoms with Gasteiger partial charge in [0.25, 0.3) is 0 Å². The van der Waals surface area contributed by atoms with Crippen molar-refractivity contribution in [3.05, 3.63) is 30.5 Å². The minimum absolute atomic E-state index is 0.608. The van der Waals surface area contributed by atoms with Crippen LogP contribution in [0.5, 0.6) is 5.75 Å². The lowest BCUT2D eigenvalue weighted by atomic mass is 10.2. The SMILES string of the molecule is Nc1cccc2c1OC=CC=N2. The van der Waals surface area contributed by atoms with Crippen molar-refractivity contribution in [1.82, 2.24) is 0 Å². The van der Waals surface area contributed by atoms with E-state index in [4.69, 9.17) is 10.5 Å². The normalized spacial score (nSPS) is 13.3. The van der Waals surface area contributed by atoms with Crippen LogP contribution in [-0.4, -0.2) is 6.21 Å². The van der Waals surface area contributed by atoms with Gasteiger partial charge in [-0.2, -0.15) is 0 Å². The average molecular weight is 160 g/mol. The van der Waals surface area contributed by atoms with Crippen LogP contribution in [-0.2, 0) is 0 Å². The molecule has 0 bridgehead atoms. The Balaban J connectivity index is 2.59. The van der Waals surface area contributed by atoms with Gasteiger partial charge in [-0.15, -0.1) is 0 Å². The van der Waals surface area contributed by atoms with Crippen LogP contribution in [0.3, 0.4) is 0 Å². The number of hydrogen-bond acceptors (Lipinski definition) is 3. The lowest BCUT2D eigenvalue weighted by Gasteiger charge is -2.04. The topological polar surface area (TPSA) is 47.6 Å². The van der Waals surface area contributed by atoms with E-state index in [1.54, 1.807) is 24.6 Å². The molecule has 0 atom stereocenters. The largest absolute Gasteiger partial charge is 0.460 e. The second-order valence-corrected chi connectivity index (χ2v) is 2.42. The van der Waals surface area contributed by atoms with Gasteiger partial charge in [0.15, 0.2) is 5.75 Å². The number of fused-ring (bicyclic) bond motifs is 1. The minimum atomic E-state index is 0.608. The molecule has 1 aromatic rings. The number of rotatable bonds is 0. The van der Waals surface area contributed by atoms with Crippen molar-refractivity contribution in [2.24, 2.45) is 4.99 Å². The molecule has 0 saturated heterocycles. The average Bonchev–Trinajstić information content (AvgIpc) is 2.30. The first kappa shape index (κ1) is 6.91. The Morgan fingerprint density at radius 2 is 2.25 bits per heavy atom. The summed E-state index contributed by atoms with van der Waals surface area (Å²) < 4.78 is 5.25. The van der Waals surface area contributed by atoms with E-state index in [-0.39, 0.29) is 0 Å². The first-order valence-corrected chi connectivity index (χ1v) is 3.62. The Hall–Kier alpha value is -1.77.